The molecule has 2 aromatic rings. The van der Waals surface area contributed by atoms with Gasteiger partial charge in [-0.1, -0.05) is 72.4 Å². The van der Waals surface area contributed by atoms with Crippen molar-refractivity contribution in [3.63, 3.8) is 0 Å². The van der Waals surface area contributed by atoms with E-state index in [9.17, 15) is 0 Å². The zero-order valence-electron chi connectivity index (χ0n) is 11.3. The van der Waals surface area contributed by atoms with Crippen molar-refractivity contribution < 1.29 is 0 Å². The molecule has 1 aliphatic heterocycles. The van der Waals surface area contributed by atoms with Crippen molar-refractivity contribution in [3.8, 4) is 0 Å². The van der Waals surface area contributed by atoms with Crippen molar-refractivity contribution in [2.24, 2.45) is 4.99 Å². The van der Waals surface area contributed by atoms with Gasteiger partial charge in [0.05, 0.1) is 12.6 Å². The number of aliphatic imine (C=N–C) groups is 1. The predicted molar refractivity (Wildman–Crippen MR) is 87.2 cm³/mol. The molecule has 0 fully saturated rings. The Morgan fingerprint density at radius 3 is 2.45 bits per heavy atom. The number of thioether (sulfide) groups is 1. The van der Waals surface area contributed by atoms with Crippen LogP contribution in [0.25, 0.3) is 0 Å². The fourth-order valence-electron chi connectivity index (χ4n) is 2.29. The van der Waals surface area contributed by atoms with Crippen LogP contribution in [0, 0.1) is 0 Å². The summed E-state index contributed by atoms with van der Waals surface area (Å²) < 4.78 is 0. The molecule has 0 saturated carbocycles. The second-order valence-corrected chi connectivity index (χ2v) is 5.92. The number of rotatable bonds is 4. The van der Waals surface area contributed by atoms with Crippen LogP contribution in [0.2, 0.25) is 0 Å². The van der Waals surface area contributed by atoms with Gasteiger partial charge in [-0.3, -0.25) is 4.99 Å². The smallest absolute Gasteiger partial charge is 0.157 e. The molecule has 3 heteroatoms. The van der Waals surface area contributed by atoms with Crippen LogP contribution in [0.5, 0.6) is 0 Å². The van der Waals surface area contributed by atoms with Crippen molar-refractivity contribution in [1.29, 1.82) is 0 Å². The Hall–Kier alpha value is -1.74. The Bertz CT molecular complexity index is 566. The van der Waals surface area contributed by atoms with Crippen molar-refractivity contribution >= 4 is 16.9 Å². The molecule has 2 nitrogen and oxygen atoms in total. The summed E-state index contributed by atoms with van der Waals surface area (Å²) in [6.45, 7) is 0.845. The van der Waals surface area contributed by atoms with E-state index in [2.05, 4.69) is 71.0 Å². The lowest BCUT2D eigenvalue weighted by Crippen LogP contribution is -2.21. The highest BCUT2D eigenvalue weighted by molar-refractivity contribution is 8.13. The molecule has 20 heavy (non-hydrogen) atoms. The average Bonchev–Trinajstić information content (AvgIpc) is 2.98. The topological polar surface area (TPSA) is 24.4 Å². The van der Waals surface area contributed by atoms with Gasteiger partial charge in [0.1, 0.15) is 0 Å². The van der Waals surface area contributed by atoms with E-state index < -0.39 is 0 Å². The fourth-order valence-corrected chi connectivity index (χ4v) is 3.21. The summed E-state index contributed by atoms with van der Waals surface area (Å²) in [5, 5.41) is 4.58. The van der Waals surface area contributed by atoms with Crippen molar-refractivity contribution in [3.05, 3.63) is 71.8 Å². The molecular weight excluding hydrogens is 264 g/mol. The van der Waals surface area contributed by atoms with Gasteiger partial charge in [-0.25, -0.2) is 0 Å². The first-order valence-corrected chi connectivity index (χ1v) is 7.93. The van der Waals surface area contributed by atoms with Crippen molar-refractivity contribution in [2.45, 2.75) is 12.5 Å². The fraction of sp³-hybridized carbons (Fsp3) is 0.235. The van der Waals surface area contributed by atoms with Crippen LogP contribution in [0.1, 0.15) is 17.2 Å². The molecule has 0 amide bonds. The second-order valence-electron chi connectivity index (χ2n) is 4.84. The third kappa shape index (κ3) is 3.42. The molecule has 1 atom stereocenters. The summed E-state index contributed by atoms with van der Waals surface area (Å²) in [5.74, 6) is 1.07. The molecule has 1 unspecified atom stereocenters. The van der Waals surface area contributed by atoms with E-state index in [-0.39, 0.29) is 0 Å². The van der Waals surface area contributed by atoms with E-state index in [1.54, 1.807) is 0 Å². The number of hydrogen-bond acceptors (Lipinski definition) is 3. The lowest BCUT2D eigenvalue weighted by atomic mass is 10.1. The third-order valence-corrected chi connectivity index (χ3v) is 4.32. The molecule has 1 N–H and O–H groups in total. The largest absolute Gasteiger partial charge is 0.356 e. The Morgan fingerprint density at radius 2 is 1.70 bits per heavy atom. The number of hydrogen-bond donors (Lipinski definition) is 1. The minimum Gasteiger partial charge on any atom is -0.356 e. The van der Waals surface area contributed by atoms with E-state index >= 15 is 0 Å². The van der Waals surface area contributed by atoms with E-state index in [4.69, 9.17) is 0 Å². The zero-order chi connectivity index (χ0) is 13.6. The van der Waals surface area contributed by atoms with Gasteiger partial charge in [-0.2, -0.15) is 0 Å². The Labute approximate surface area is 124 Å². The van der Waals surface area contributed by atoms with Crippen LogP contribution in [0.3, 0.4) is 0 Å². The van der Waals surface area contributed by atoms with Crippen molar-refractivity contribution in [2.75, 3.05) is 12.3 Å². The van der Waals surface area contributed by atoms with Crippen LogP contribution >= 0.6 is 11.8 Å². The third-order valence-electron chi connectivity index (χ3n) is 3.39. The molecule has 0 aromatic heterocycles. The molecule has 0 spiro atoms. The monoisotopic (exact) mass is 282 g/mol. The molecule has 3 rings (SSSR count). The van der Waals surface area contributed by atoms with Crippen LogP contribution in [-0.4, -0.2) is 17.5 Å². The molecule has 2 aromatic carbocycles. The maximum atomic E-state index is 4.59. The Kier molecular flexibility index (Phi) is 4.38. The van der Waals surface area contributed by atoms with Gasteiger partial charge < -0.3 is 5.32 Å². The first-order valence-electron chi connectivity index (χ1n) is 6.94. The van der Waals surface area contributed by atoms with Gasteiger partial charge in [0.25, 0.3) is 0 Å². The molecule has 0 bridgehead atoms. The molecule has 0 radical (unpaired) electrons. The molecule has 0 aliphatic carbocycles. The molecule has 0 saturated heterocycles. The first-order chi connectivity index (χ1) is 9.92. The van der Waals surface area contributed by atoms with E-state index in [0.29, 0.717) is 6.04 Å². The molecular formula is C17H18N2S. The van der Waals surface area contributed by atoms with Gasteiger partial charge in [0, 0.05) is 5.75 Å². The molecule has 1 heterocycles. The highest BCUT2D eigenvalue weighted by atomic mass is 32.2. The summed E-state index contributed by atoms with van der Waals surface area (Å²) in [4.78, 5) is 4.59. The number of amidine groups is 1. The van der Waals surface area contributed by atoms with Crippen LogP contribution in [0.15, 0.2) is 65.7 Å². The van der Waals surface area contributed by atoms with Gasteiger partial charge in [0.2, 0.25) is 0 Å². The van der Waals surface area contributed by atoms with E-state index in [1.807, 2.05) is 11.8 Å². The van der Waals surface area contributed by atoms with Crippen molar-refractivity contribution in [1.82, 2.24) is 5.32 Å². The number of nitrogens with zero attached hydrogens (tertiary/aromatic N) is 1. The normalized spacial score (nSPS) is 17.6. The van der Waals surface area contributed by atoms with Crippen LogP contribution in [0.4, 0.5) is 0 Å². The van der Waals surface area contributed by atoms with Gasteiger partial charge in [-0.15, -0.1) is 0 Å². The minimum atomic E-state index is 0.343. The summed E-state index contributed by atoms with van der Waals surface area (Å²) in [7, 11) is 0. The lowest BCUT2D eigenvalue weighted by molar-refractivity contribution is 0.712. The summed E-state index contributed by atoms with van der Waals surface area (Å²) >= 11 is 1.82. The Morgan fingerprint density at radius 1 is 1.00 bits per heavy atom. The average molecular weight is 282 g/mol. The van der Waals surface area contributed by atoms with Gasteiger partial charge in [0.15, 0.2) is 5.17 Å². The number of benzene rings is 2. The van der Waals surface area contributed by atoms with Gasteiger partial charge in [-0.05, 0) is 17.5 Å². The molecule has 102 valence electrons. The molecule has 1 aliphatic rings. The highest BCUT2D eigenvalue weighted by Crippen LogP contribution is 2.20. The summed E-state index contributed by atoms with van der Waals surface area (Å²) in [6.07, 6.45) is 1.09. The summed E-state index contributed by atoms with van der Waals surface area (Å²) in [5.41, 5.74) is 2.70. The van der Waals surface area contributed by atoms with E-state index in [1.165, 1.54) is 11.1 Å². The highest BCUT2D eigenvalue weighted by Gasteiger charge is 2.18. The predicted octanol–water partition coefficient (Wildman–Crippen LogP) is 3.66. The van der Waals surface area contributed by atoms with Gasteiger partial charge >= 0.3 is 0 Å². The van der Waals surface area contributed by atoms with Crippen LogP contribution in [-0.2, 0) is 6.42 Å². The van der Waals surface area contributed by atoms with Crippen LogP contribution < -0.4 is 5.32 Å². The summed E-state index contributed by atoms with van der Waals surface area (Å²) in [6, 6.07) is 21.5. The van der Waals surface area contributed by atoms with E-state index in [0.717, 1.165) is 23.9 Å². The number of nitrogens with one attached hydrogen (secondary N) is 1. The quantitative estimate of drug-likeness (QED) is 0.925. The lowest BCUT2D eigenvalue weighted by Gasteiger charge is -2.11. The standard InChI is InChI=1S/C17H18N2S/c1-3-7-14(8-4-1)11-12-20-17-18-13-16(19-17)15-9-5-2-6-10-15/h1-10,16H,11-13H2,(H,18,19). The maximum absolute atomic E-state index is 4.59. The minimum absolute atomic E-state index is 0.343. The second kappa shape index (κ2) is 6.62. The zero-order valence-corrected chi connectivity index (χ0v) is 12.1. The SMILES string of the molecule is c1ccc(CCSC2=NCC(c3ccccc3)N2)cc1. The first kappa shape index (κ1) is 13.3. The Balaban J connectivity index is 1.46. The number of aryl methyl sites for hydroxylation is 1. The maximum Gasteiger partial charge on any atom is 0.157 e.